The van der Waals surface area contributed by atoms with Crippen molar-refractivity contribution in [3.63, 3.8) is 0 Å². The molecule has 0 saturated carbocycles. The molecule has 1 rings (SSSR count). The SMILES string of the molecule is COc1ccc(NC(C)=O)cc1S(=O)[O-].[Na+]. The van der Waals surface area contributed by atoms with E-state index in [-0.39, 0.29) is 46.1 Å². The Bertz CT molecular complexity index is 410. The second-order valence-electron chi connectivity index (χ2n) is 2.78. The molecule has 0 heterocycles. The number of methoxy groups -OCH3 is 1. The first kappa shape index (κ1) is 15.6. The zero-order valence-corrected chi connectivity index (χ0v) is 12.1. The molecule has 0 aliphatic heterocycles. The summed E-state index contributed by atoms with van der Waals surface area (Å²) in [7, 11) is 1.38. The Morgan fingerprint density at radius 3 is 2.56 bits per heavy atom. The summed E-state index contributed by atoms with van der Waals surface area (Å²) >= 11 is -2.39. The number of rotatable bonds is 3. The molecule has 5 nitrogen and oxygen atoms in total. The van der Waals surface area contributed by atoms with Gasteiger partial charge < -0.3 is 14.6 Å². The van der Waals surface area contributed by atoms with E-state index in [9.17, 15) is 13.6 Å². The second-order valence-corrected chi connectivity index (χ2v) is 3.69. The summed E-state index contributed by atoms with van der Waals surface area (Å²) in [6, 6.07) is 4.39. The molecule has 1 unspecified atom stereocenters. The quantitative estimate of drug-likeness (QED) is 0.493. The third kappa shape index (κ3) is 4.23. The summed E-state index contributed by atoms with van der Waals surface area (Å²) < 4.78 is 26.5. The summed E-state index contributed by atoms with van der Waals surface area (Å²) in [5, 5.41) is 2.48. The summed E-state index contributed by atoms with van der Waals surface area (Å²) in [4.78, 5) is 10.8. The van der Waals surface area contributed by atoms with Gasteiger partial charge in [-0.15, -0.1) is 0 Å². The number of benzene rings is 1. The van der Waals surface area contributed by atoms with Gasteiger partial charge in [0.2, 0.25) is 5.91 Å². The van der Waals surface area contributed by atoms with Gasteiger partial charge in [-0.3, -0.25) is 9.00 Å². The van der Waals surface area contributed by atoms with Crippen molar-refractivity contribution in [2.24, 2.45) is 0 Å². The van der Waals surface area contributed by atoms with Gasteiger partial charge in [-0.2, -0.15) is 0 Å². The number of anilines is 1. The maximum atomic E-state index is 10.8. The van der Waals surface area contributed by atoms with E-state index < -0.39 is 11.1 Å². The summed E-state index contributed by atoms with van der Waals surface area (Å²) in [5.74, 6) is -0.0137. The molecule has 16 heavy (non-hydrogen) atoms. The van der Waals surface area contributed by atoms with Crippen molar-refractivity contribution in [2.45, 2.75) is 11.8 Å². The number of carbonyl (C=O) groups is 1. The topological polar surface area (TPSA) is 78.5 Å². The van der Waals surface area contributed by atoms with Gasteiger partial charge in [-0.05, 0) is 29.3 Å². The Morgan fingerprint density at radius 1 is 1.50 bits per heavy atom. The van der Waals surface area contributed by atoms with E-state index in [0.29, 0.717) is 5.69 Å². The monoisotopic (exact) mass is 251 g/mol. The molecule has 0 aliphatic rings. The molecule has 0 aromatic heterocycles. The zero-order valence-electron chi connectivity index (χ0n) is 9.27. The van der Waals surface area contributed by atoms with E-state index >= 15 is 0 Å². The minimum Gasteiger partial charge on any atom is -0.768 e. The first-order valence-corrected chi connectivity index (χ1v) is 5.17. The van der Waals surface area contributed by atoms with Crippen LogP contribution in [0.4, 0.5) is 5.69 Å². The van der Waals surface area contributed by atoms with Crippen LogP contribution in [0.25, 0.3) is 0 Å². The predicted octanol–water partition coefficient (Wildman–Crippen LogP) is -2.10. The van der Waals surface area contributed by atoms with Gasteiger partial charge in [0.25, 0.3) is 0 Å². The summed E-state index contributed by atoms with van der Waals surface area (Å²) in [6.45, 7) is 1.35. The van der Waals surface area contributed by atoms with Crippen LogP contribution in [0.5, 0.6) is 5.75 Å². The van der Waals surface area contributed by atoms with Crippen LogP contribution in [-0.2, 0) is 15.9 Å². The summed E-state index contributed by atoms with van der Waals surface area (Å²) in [5.41, 5.74) is 0.419. The van der Waals surface area contributed by atoms with Gasteiger partial charge in [0.15, 0.2) is 0 Å². The average Bonchev–Trinajstić information content (AvgIpc) is 2.16. The van der Waals surface area contributed by atoms with Crippen LogP contribution in [0.2, 0.25) is 0 Å². The standard InChI is InChI=1S/C9H11NO4S.Na/c1-6(11)10-7-3-4-8(14-2)9(5-7)15(12)13;/h3-5H,1-2H3,(H,10,11)(H,12,13);/q;+1/p-1. The van der Waals surface area contributed by atoms with Crippen LogP contribution in [0.1, 0.15) is 6.92 Å². The summed E-state index contributed by atoms with van der Waals surface area (Å²) in [6.07, 6.45) is 0. The van der Waals surface area contributed by atoms with Crippen molar-refractivity contribution in [3.05, 3.63) is 18.2 Å². The van der Waals surface area contributed by atoms with Crippen LogP contribution in [0.3, 0.4) is 0 Å². The molecule has 1 aromatic rings. The van der Waals surface area contributed by atoms with Gasteiger partial charge in [-0.25, -0.2) is 0 Å². The molecule has 0 fully saturated rings. The fourth-order valence-corrected chi connectivity index (χ4v) is 1.63. The number of amides is 1. The first-order chi connectivity index (χ1) is 7.04. The van der Waals surface area contributed by atoms with Crippen molar-refractivity contribution < 1.29 is 47.9 Å². The van der Waals surface area contributed by atoms with E-state index in [1.54, 1.807) is 6.07 Å². The fourth-order valence-electron chi connectivity index (χ4n) is 1.09. The molecular formula is C9H10NNaO4S. The van der Waals surface area contributed by atoms with Crippen molar-refractivity contribution >= 4 is 22.7 Å². The van der Waals surface area contributed by atoms with E-state index in [0.717, 1.165) is 0 Å². The van der Waals surface area contributed by atoms with Crippen molar-refractivity contribution in [3.8, 4) is 5.75 Å². The molecule has 1 atom stereocenters. The molecule has 1 N–H and O–H groups in total. The fraction of sp³-hybridized carbons (Fsp3) is 0.222. The molecule has 0 saturated heterocycles. The molecule has 0 bridgehead atoms. The maximum Gasteiger partial charge on any atom is 1.00 e. The van der Waals surface area contributed by atoms with Gasteiger partial charge in [0, 0.05) is 12.6 Å². The predicted molar refractivity (Wildman–Crippen MR) is 54.5 cm³/mol. The Balaban J connectivity index is 0.00000225. The largest absolute Gasteiger partial charge is 1.00 e. The second kappa shape index (κ2) is 7.03. The van der Waals surface area contributed by atoms with Gasteiger partial charge in [0.1, 0.15) is 5.75 Å². The molecule has 1 aromatic carbocycles. The number of hydrogen-bond acceptors (Lipinski definition) is 4. The van der Waals surface area contributed by atoms with Crippen LogP contribution < -0.4 is 39.6 Å². The average molecular weight is 251 g/mol. The number of hydrogen-bond donors (Lipinski definition) is 1. The van der Waals surface area contributed by atoms with Gasteiger partial charge in [0.05, 0.1) is 12.0 Å². The Kier molecular flexibility index (Phi) is 6.85. The van der Waals surface area contributed by atoms with E-state index in [1.165, 1.54) is 26.2 Å². The minimum atomic E-state index is -2.39. The van der Waals surface area contributed by atoms with Crippen molar-refractivity contribution in [2.75, 3.05) is 12.4 Å². The zero-order chi connectivity index (χ0) is 11.4. The van der Waals surface area contributed by atoms with Crippen LogP contribution in [0, 0.1) is 0 Å². The molecular weight excluding hydrogens is 241 g/mol. The Morgan fingerprint density at radius 2 is 2.12 bits per heavy atom. The smallest absolute Gasteiger partial charge is 0.768 e. The minimum absolute atomic E-state index is 0. The maximum absolute atomic E-state index is 10.8. The van der Waals surface area contributed by atoms with Crippen molar-refractivity contribution in [1.29, 1.82) is 0 Å². The number of nitrogens with one attached hydrogen (secondary N) is 1. The molecule has 82 valence electrons. The third-order valence-corrected chi connectivity index (χ3v) is 2.34. The van der Waals surface area contributed by atoms with Gasteiger partial charge >= 0.3 is 29.6 Å². The van der Waals surface area contributed by atoms with Crippen LogP contribution in [-0.4, -0.2) is 21.8 Å². The van der Waals surface area contributed by atoms with E-state index in [2.05, 4.69) is 5.32 Å². The Hall–Kier alpha value is -0.400. The molecule has 0 spiro atoms. The van der Waals surface area contributed by atoms with E-state index in [4.69, 9.17) is 4.74 Å². The third-order valence-electron chi connectivity index (χ3n) is 1.66. The normalized spacial score (nSPS) is 11.2. The molecule has 7 heteroatoms. The van der Waals surface area contributed by atoms with E-state index in [1.807, 2.05) is 0 Å². The molecule has 1 amide bonds. The Labute approximate surface area is 118 Å². The molecule has 0 radical (unpaired) electrons. The van der Waals surface area contributed by atoms with Crippen LogP contribution >= 0.6 is 0 Å². The first-order valence-electron chi connectivity index (χ1n) is 4.09. The van der Waals surface area contributed by atoms with Crippen molar-refractivity contribution in [1.82, 2.24) is 0 Å². The van der Waals surface area contributed by atoms with Gasteiger partial charge in [-0.1, -0.05) is 0 Å². The number of ether oxygens (including phenoxy) is 1. The van der Waals surface area contributed by atoms with Crippen LogP contribution in [0.15, 0.2) is 23.1 Å². The number of carbonyl (C=O) groups excluding carboxylic acids is 1. The molecule has 0 aliphatic carbocycles.